The molecule has 3 rings (SSSR count). The summed E-state index contributed by atoms with van der Waals surface area (Å²) in [4.78, 5) is 16.8. The maximum Gasteiger partial charge on any atom is 0.234 e. The Morgan fingerprint density at radius 3 is 2.65 bits per heavy atom. The smallest absolute Gasteiger partial charge is 0.234 e. The summed E-state index contributed by atoms with van der Waals surface area (Å²) in [7, 11) is 0. The summed E-state index contributed by atoms with van der Waals surface area (Å²) in [5.41, 5.74) is 3.02. The first kappa shape index (κ1) is 18.2. The zero-order valence-electron chi connectivity index (χ0n) is 14.9. The molecule has 0 fully saturated rings. The Kier molecular flexibility index (Phi) is 6.07. The quantitative estimate of drug-likeness (QED) is 0.594. The Morgan fingerprint density at radius 2 is 1.88 bits per heavy atom. The van der Waals surface area contributed by atoms with Gasteiger partial charge in [-0.2, -0.15) is 0 Å². The van der Waals surface area contributed by atoms with E-state index in [1.807, 2.05) is 48.5 Å². The highest BCUT2D eigenvalue weighted by atomic mass is 32.2. The molecule has 0 radical (unpaired) electrons. The topological polar surface area (TPSA) is 70.7 Å². The van der Waals surface area contributed by atoms with E-state index >= 15 is 0 Å². The van der Waals surface area contributed by atoms with Gasteiger partial charge in [-0.1, -0.05) is 74.1 Å². The van der Waals surface area contributed by atoms with Gasteiger partial charge in [-0.3, -0.25) is 9.89 Å². The number of hydrogen-bond acceptors (Lipinski definition) is 4. The minimum Gasteiger partial charge on any atom is -0.325 e. The molecule has 1 atom stereocenters. The van der Waals surface area contributed by atoms with E-state index in [2.05, 4.69) is 40.4 Å². The van der Waals surface area contributed by atoms with E-state index in [9.17, 15) is 4.79 Å². The van der Waals surface area contributed by atoms with Crippen molar-refractivity contribution in [2.45, 2.75) is 31.3 Å². The van der Waals surface area contributed by atoms with Crippen LogP contribution in [0.25, 0.3) is 11.4 Å². The van der Waals surface area contributed by atoms with Crippen LogP contribution in [0, 0.1) is 0 Å². The van der Waals surface area contributed by atoms with Crippen LogP contribution in [-0.4, -0.2) is 26.8 Å². The SMILES string of the molecule is CC[C@@H](C)c1ccccc1NC(=O)CSc1n[nH]c(-c2ccccc2)n1. The zero-order chi connectivity index (χ0) is 18.4. The molecule has 5 nitrogen and oxygen atoms in total. The van der Waals surface area contributed by atoms with E-state index in [1.165, 1.54) is 11.8 Å². The van der Waals surface area contributed by atoms with Crippen LogP contribution in [0.1, 0.15) is 31.7 Å². The molecule has 0 bridgehead atoms. The van der Waals surface area contributed by atoms with Crippen molar-refractivity contribution in [2.24, 2.45) is 0 Å². The van der Waals surface area contributed by atoms with E-state index in [4.69, 9.17) is 0 Å². The maximum absolute atomic E-state index is 12.3. The third-order valence-electron chi connectivity index (χ3n) is 4.22. The number of para-hydroxylation sites is 1. The van der Waals surface area contributed by atoms with Crippen LogP contribution in [0.3, 0.4) is 0 Å². The highest BCUT2D eigenvalue weighted by Crippen LogP contribution is 2.27. The highest BCUT2D eigenvalue weighted by Gasteiger charge is 2.12. The molecule has 1 amide bonds. The molecule has 1 heterocycles. The lowest BCUT2D eigenvalue weighted by molar-refractivity contribution is -0.113. The molecule has 0 saturated carbocycles. The van der Waals surface area contributed by atoms with Crippen LogP contribution >= 0.6 is 11.8 Å². The number of aromatic amines is 1. The van der Waals surface area contributed by atoms with Gasteiger partial charge in [0.25, 0.3) is 0 Å². The molecule has 0 saturated heterocycles. The van der Waals surface area contributed by atoms with Gasteiger partial charge >= 0.3 is 0 Å². The van der Waals surface area contributed by atoms with Gasteiger partial charge in [-0.25, -0.2) is 4.98 Å². The van der Waals surface area contributed by atoms with Crippen molar-refractivity contribution < 1.29 is 4.79 Å². The first-order valence-electron chi connectivity index (χ1n) is 8.66. The third-order valence-corrected chi connectivity index (χ3v) is 5.07. The number of benzene rings is 2. The fourth-order valence-electron chi connectivity index (χ4n) is 2.61. The Balaban J connectivity index is 1.59. The van der Waals surface area contributed by atoms with Crippen LogP contribution < -0.4 is 5.32 Å². The molecule has 3 aromatic rings. The summed E-state index contributed by atoms with van der Waals surface area (Å²) in [6.07, 6.45) is 1.03. The normalized spacial score (nSPS) is 11.9. The standard InChI is InChI=1S/C20H22N4OS/c1-3-14(2)16-11-7-8-12-17(16)21-18(25)13-26-20-22-19(23-24-20)15-9-5-4-6-10-15/h4-12,14H,3,13H2,1-2H3,(H,21,25)(H,22,23,24)/t14-/m1/s1. The van der Waals surface area contributed by atoms with Crippen molar-refractivity contribution in [3.8, 4) is 11.4 Å². The van der Waals surface area contributed by atoms with Crippen molar-refractivity contribution in [2.75, 3.05) is 11.1 Å². The molecule has 0 aliphatic heterocycles. The van der Waals surface area contributed by atoms with Crippen LogP contribution in [0.4, 0.5) is 5.69 Å². The van der Waals surface area contributed by atoms with Gasteiger partial charge in [0.05, 0.1) is 5.75 Å². The summed E-state index contributed by atoms with van der Waals surface area (Å²) in [5, 5.41) is 10.7. The Bertz CT molecular complexity index is 863. The minimum atomic E-state index is -0.0585. The number of H-pyrrole nitrogens is 1. The fourth-order valence-corrected chi connectivity index (χ4v) is 3.21. The second-order valence-electron chi connectivity index (χ2n) is 6.07. The molecule has 0 aliphatic rings. The fraction of sp³-hybridized carbons (Fsp3) is 0.250. The van der Waals surface area contributed by atoms with Crippen LogP contribution in [-0.2, 0) is 4.79 Å². The molecular formula is C20H22N4OS. The van der Waals surface area contributed by atoms with Crippen molar-refractivity contribution in [1.29, 1.82) is 0 Å². The summed E-state index contributed by atoms with van der Waals surface area (Å²) in [5.74, 6) is 1.31. The molecule has 2 aromatic carbocycles. The number of thioether (sulfide) groups is 1. The zero-order valence-corrected chi connectivity index (χ0v) is 15.7. The molecule has 134 valence electrons. The van der Waals surface area contributed by atoms with Gasteiger partial charge < -0.3 is 5.32 Å². The predicted octanol–water partition coefficient (Wildman–Crippen LogP) is 4.72. The summed E-state index contributed by atoms with van der Waals surface area (Å²) in [6.45, 7) is 4.31. The summed E-state index contributed by atoms with van der Waals surface area (Å²) in [6, 6.07) is 17.8. The van der Waals surface area contributed by atoms with Crippen molar-refractivity contribution in [3.05, 3.63) is 60.2 Å². The number of aromatic nitrogens is 3. The number of nitrogens with zero attached hydrogens (tertiary/aromatic N) is 2. The van der Waals surface area contributed by atoms with Gasteiger partial charge in [-0.15, -0.1) is 5.10 Å². The van der Waals surface area contributed by atoms with Crippen LogP contribution in [0.5, 0.6) is 0 Å². The average Bonchev–Trinajstić information content (AvgIpc) is 3.16. The molecule has 6 heteroatoms. The minimum absolute atomic E-state index is 0.0585. The van der Waals surface area contributed by atoms with Crippen molar-refractivity contribution in [3.63, 3.8) is 0 Å². The van der Waals surface area contributed by atoms with Crippen LogP contribution in [0.2, 0.25) is 0 Å². The lowest BCUT2D eigenvalue weighted by atomic mass is 9.97. The first-order chi connectivity index (χ1) is 12.7. The van der Waals surface area contributed by atoms with Gasteiger partial charge in [0.2, 0.25) is 11.1 Å². The van der Waals surface area contributed by atoms with Crippen molar-refractivity contribution >= 4 is 23.4 Å². The number of rotatable bonds is 7. The van der Waals surface area contributed by atoms with E-state index < -0.39 is 0 Å². The lowest BCUT2D eigenvalue weighted by Crippen LogP contribution is -2.16. The van der Waals surface area contributed by atoms with Gasteiger partial charge in [0.1, 0.15) is 0 Å². The monoisotopic (exact) mass is 366 g/mol. The molecule has 0 unspecified atom stereocenters. The maximum atomic E-state index is 12.3. The number of carbonyl (C=O) groups is 1. The number of carbonyl (C=O) groups excluding carboxylic acids is 1. The number of anilines is 1. The van der Waals surface area contributed by atoms with E-state index in [-0.39, 0.29) is 11.7 Å². The van der Waals surface area contributed by atoms with Gasteiger partial charge in [0.15, 0.2) is 5.82 Å². The molecule has 0 spiro atoms. The number of nitrogens with one attached hydrogen (secondary N) is 2. The molecule has 0 aliphatic carbocycles. The lowest BCUT2D eigenvalue weighted by Gasteiger charge is -2.15. The molecular weight excluding hydrogens is 344 g/mol. The highest BCUT2D eigenvalue weighted by molar-refractivity contribution is 7.99. The second kappa shape index (κ2) is 8.67. The molecule has 1 aromatic heterocycles. The van der Waals surface area contributed by atoms with E-state index in [0.29, 0.717) is 16.9 Å². The number of amides is 1. The average molecular weight is 366 g/mol. The van der Waals surface area contributed by atoms with E-state index in [0.717, 1.165) is 23.2 Å². The number of hydrogen-bond donors (Lipinski definition) is 2. The van der Waals surface area contributed by atoms with Gasteiger partial charge in [-0.05, 0) is 24.0 Å². The largest absolute Gasteiger partial charge is 0.325 e. The van der Waals surface area contributed by atoms with Crippen LogP contribution in [0.15, 0.2) is 59.8 Å². The van der Waals surface area contributed by atoms with E-state index in [1.54, 1.807) is 0 Å². The first-order valence-corrected chi connectivity index (χ1v) is 9.65. The Hall–Kier alpha value is -2.60. The van der Waals surface area contributed by atoms with Crippen molar-refractivity contribution in [1.82, 2.24) is 15.2 Å². The predicted molar refractivity (Wildman–Crippen MR) is 106 cm³/mol. The summed E-state index contributed by atoms with van der Waals surface area (Å²) >= 11 is 1.32. The molecule has 2 N–H and O–H groups in total. The Labute approximate surface area is 157 Å². The summed E-state index contributed by atoms with van der Waals surface area (Å²) < 4.78 is 0. The Morgan fingerprint density at radius 1 is 1.15 bits per heavy atom. The van der Waals surface area contributed by atoms with Gasteiger partial charge in [0, 0.05) is 11.3 Å². The molecule has 26 heavy (non-hydrogen) atoms. The third kappa shape index (κ3) is 4.52. The second-order valence-corrected chi connectivity index (χ2v) is 7.01.